The van der Waals surface area contributed by atoms with Crippen molar-refractivity contribution in [3.05, 3.63) is 18.2 Å². The maximum atomic E-state index is 11.7. The zero-order valence-corrected chi connectivity index (χ0v) is 12.3. The van der Waals surface area contributed by atoms with E-state index in [-0.39, 0.29) is 13.2 Å². The molecule has 0 aliphatic heterocycles. The highest BCUT2D eigenvalue weighted by Crippen LogP contribution is 2.37. The molecule has 0 radical (unpaired) electrons. The molecule has 0 spiro atoms. The third-order valence-electron chi connectivity index (χ3n) is 2.64. The predicted octanol–water partition coefficient (Wildman–Crippen LogP) is 1.36. The Labute approximate surface area is 118 Å². The van der Waals surface area contributed by atoms with Gasteiger partial charge in [0.2, 0.25) is 5.75 Å². The number of hydrogen-bond acceptors (Lipinski definition) is 6. The van der Waals surface area contributed by atoms with E-state index in [0.29, 0.717) is 17.2 Å². The second-order valence-electron chi connectivity index (χ2n) is 4.42. The first-order valence-electron chi connectivity index (χ1n) is 6.26. The van der Waals surface area contributed by atoms with Crippen LogP contribution in [0.1, 0.15) is 13.8 Å². The van der Waals surface area contributed by atoms with E-state index in [0.717, 1.165) is 0 Å². The number of para-hydroxylation sites is 1. The highest BCUT2D eigenvalue weighted by Gasteiger charge is 2.32. The maximum absolute atomic E-state index is 11.7. The minimum atomic E-state index is -1.25. The van der Waals surface area contributed by atoms with Crippen molar-refractivity contribution in [3.63, 3.8) is 0 Å². The predicted molar refractivity (Wildman–Crippen MR) is 74.3 cm³/mol. The van der Waals surface area contributed by atoms with Gasteiger partial charge in [0, 0.05) is 0 Å². The first-order valence-corrected chi connectivity index (χ1v) is 6.26. The van der Waals surface area contributed by atoms with Gasteiger partial charge in [-0.1, -0.05) is 6.07 Å². The SMILES string of the molecule is CCOC(=O)C(C)(N)COc1c(OC)cccc1OC. The Morgan fingerprint density at radius 1 is 1.25 bits per heavy atom. The molecule has 1 rings (SSSR count). The van der Waals surface area contributed by atoms with Crippen LogP contribution < -0.4 is 19.9 Å². The summed E-state index contributed by atoms with van der Waals surface area (Å²) < 4.78 is 20.9. The average molecular weight is 283 g/mol. The molecule has 1 unspecified atom stereocenters. The van der Waals surface area contributed by atoms with Gasteiger partial charge in [-0.25, -0.2) is 4.79 Å². The number of benzene rings is 1. The van der Waals surface area contributed by atoms with Crippen LogP contribution in [0.5, 0.6) is 17.2 Å². The molecule has 2 N–H and O–H groups in total. The van der Waals surface area contributed by atoms with Crippen LogP contribution in [0.3, 0.4) is 0 Å². The van der Waals surface area contributed by atoms with Crippen molar-refractivity contribution < 1.29 is 23.7 Å². The van der Waals surface area contributed by atoms with E-state index >= 15 is 0 Å². The van der Waals surface area contributed by atoms with Gasteiger partial charge in [0.1, 0.15) is 12.1 Å². The van der Waals surface area contributed by atoms with Gasteiger partial charge in [0.15, 0.2) is 11.5 Å². The largest absolute Gasteiger partial charge is 0.493 e. The summed E-state index contributed by atoms with van der Waals surface area (Å²) in [5, 5.41) is 0. The number of hydrogen-bond donors (Lipinski definition) is 1. The topological polar surface area (TPSA) is 80.0 Å². The van der Waals surface area contributed by atoms with E-state index in [4.69, 9.17) is 24.7 Å². The van der Waals surface area contributed by atoms with Gasteiger partial charge in [0.25, 0.3) is 0 Å². The summed E-state index contributed by atoms with van der Waals surface area (Å²) in [6, 6.07) is 5.24. The molecule has 20 heavy (non-hydrogen) atoms. The number of carbonyl (C=O) groups excluding carboxylic acids is 1. The van der Waals surface area contributed by atoms with Crippen molar-refractivity contribution in [1.82, 2.24) is 0 Å². The summed E-state index contributed by atoms with van der Waals surface area (Å²) in [4.78, 5) is 11.7. The molecule has 0 saturated carbocycles. The van der Waals surface area contributed by atoms with E-state index in [9.17, 15) is 4.79 Å². The number of ether oxygens (including phenoxy) is 4. The molecule has 0 bridgehead atoms. The van der Waals surface area contributed by atoms with Crippen molar-refractivity contribution in [2.24, 2.45) is 5.73 Å². The Balaban J connectivity index is 2.86. The summed E-state index contributed by atoms with van der Waals surface area (Å²) in [5.41, 5.74) is 4.65. The second kappa shape index (κ2) is 7.00. The monoisotopic (exact) mass is 283 g/mol. The van der Waals surface area contributed by atoms with Crippen LogP contribution in [-0.2, 0) is 9.53 Å². The molecule has 0 fully saturated rings. The van der Waals surface area contributed by atoms with Crippen LogP contribution in [0.15, 0.2) is 18.2 Å². The third-order valence-corrected chi connectivity index (χ3v) is 2.64. The molecule has 6 nitrogen and oxygen atoms in total. The Kier molecular flexibility index (Phi) is 5.64. The lowest BCUT2D eigenvalue weighted by atomic mass is 10.1. The standard InChI is InChI=1S/C14H21NO5/c1-5-19-13(16)14(2,15)9-20-12-10(17-3)7-6-8-11(12)18-4/h6-8H,5,9,15H2,1-4H3. The average Bonchev–Trinajstić information content (AvgIpc) is 2.44. The Morgan fingerprint density at radius 2 is 1.80 bits per heavy atom. The van der Waals surface area contributed by atoms with E-state index in [1.807, 2.05) is 0 Å². The molecule has 1 atom stereocenters. The molecular formula is C14H21NO5. The summed E-state index contributed by atoms with van der Waals surface area (Å²) in [7, 11) is 3.04. The Hall–Kier alpha value is -1.95. The summed E-state index contributed by atoms with van der Waals surface area (Å²) in [6.45, 7) is 3.48. The number of nitrogens with two attached hydrogens (primary N) is 1. The normalized spacial score (nSPS) is 13.2. The molecule has 0 saturated heterocycles. The molecule has 1 aromatic carbocycles. The number of carbonyl (C=O) groups is 1. The molecule has 0 heterocycles. The van der Waals surface area contributed by atoms with Crippen LogP contribution in [0.4, 0.5) is 0 Å². The maximum Gasteiger partial charge on any atom is 0.329 e. The van der Waals surface area contributed by atoms with Crippen LogP contribution in [-0.4, -0.2) is 38.9 Å². The van der Waals surface area contributed by atoms with Gasteiger partial charge < -0.3 is 24.7 Å². The van der Waals surface area contributed by atoms with E-state index in [1.54, 1.807) is 32.0 Å². The van der Waals surface area contributed by atoms with Gasteiger partial charge in [-0.3, -0.25) is 0 Å². The van der Waals surface area contributed by atoms with Crippen LogP contribution in [0.25, 0.3) is 0 Å². The minimum absolute atomic E-state index is 0.0530. The van der Waals surface area contributed by atoms with Crippen molar-refractivity contribution in [2.75, 3.05) is 27.4 Å². The fraction of sp³-hybridized carbons (Fsp3) is 0.500. The van der Waals surface area contributed by atoms with Gasteiger partial charge >= 0.3 is 5.97 Å². The molecule has 0 aromatic heterocycles. The molecular weight excluding hydrogens is 262 g/mol. The highest BCUT2D eigenvalue weighted by molar-refractivity contribution is 5.80. The molecule has 0 aliphatic carbocycles. The number of rotatable bonds is 7. The fourth-order valence-corrected chi connectivity index (χ4v) is 1.54. The van der Waals surface area contributed by atoms with Crippen molar-refractivity contribution >= 4 is 5.97 Å². The smallest absolute Gasteiger partial charge is 0.329 e. The lowest BCUT2D eigenvalue weighted by molar-refractivity contribution is -0.150. The molecule has 6 heteroatoms. The van der Waals surface area contributed by atoms with Gasteiger partial charge in [0.05, 0.1) is 20.8 Å². The Morgan fingerprint density at radius 3 is 2.25 bits per heavy atom. The van der Waals surface area contributed by atoms with Gasteiger partial charge in [-0.05, 0) is 26.0 Å². The first-order chi connectivity index (χ1) is 9.46. The van der Waals surface area contributed by atoms with Gasteiger partial charge in [-0.15, -0.1) is 0 Å². The molecule has 0 amide bonds. The third kappa shape index (κ3) is 3.77. The summed E-state index contributed by atoms with van der Waals surface area (Å²) >= 11 is 0. The second-order valence-corrected chi connectivity index (χ2v) is 4.42. The lowest BCUT2D eigenvalue weighted by Crippen LogP contribution is -2.51. The molecule has 112 valence electrons. The zero-order chi connectivity index (χ0) is 15.2. The van der Waals surface area contributed by atoms with Crippen LogP contribution in [0, 0.1) is 0 Å². The minimum Gasteiger partial charge on any atom is -0.493 e. The van der Waals surface area contributed by atoms with Crippen LogP contribution in [0.2, 0.25) is 0 Å². The number of methoxy groups -OCH3 is 2. The number of esters is 1. The zero-order valence-electron chi connectivity index (χ0n) is 12.3. The highest BCUT2D eigenvalue weighted by atomic mass is 16.6. The van der Waals surface area contributed by atoms with Crippen LogP contribution >= 0.6 is 0 Å². The van der Waals surface area contributed by atoms with E-state index < -0.39 is 11.5 Å². The Bertz CT molecular complexity index is 437. The van der Waals surface area contributed by atoms with E-state index in [1.165, 1.54) is 14.2 Å². The van der Waals surface area contributed by atoms with Crippen molar-refractivity contribution in [1.29, 1.82) is 0 Å². The molecule has 1 aromatic rings. The quantitative estimate of drug-likeness (QED) is 0.761. The van der Waals surface area contributed by atoms with Crippen molar-refractivity contribution in [2.45, 2.75) is 19.4 Å². The molecule has 0 aliphatic rings. The van der Waals surface area contributed by atoms with E-state index in [2.05, 4.69) is 0 Å². The lowest BCUT2D eigenvalue weighted by Gasteiger charge is -2.23. The summed E-state index contributed by atoms with van der Waals surface area (Å²) in [6.07, 6.45) is 0. The van der Waals surface area contributed by atoms with Crippen molar-refractivity contribution in [3.8, 4) is 17.2 Å². The first kappa shape index (κ1) is 16.1. The van der Waals surface area contributed by atoms with Gasteiger partial charge in [-0.2, -0.15) is 0 Å². The fourth-order valence-electron chi connectivity index (χ4n) is 1.54. The summed E-state index contributed by atoms with van der Waals surface area (Å²) in [5.74, 6) is 0.889.